The average Bonchev–Trinajstić information content (AvgIpc) is 2.61. The van der Waals surface area contributed by atoms with Crippen LogP contribution in [0.15, 0.2) is 0 Å². The van der Waals surface area contributed by atoms with Crippen LogP contribution >= 0.6 is 0 Å². The zero-order valence-corrected chi connectivity index (χ0v) is 6.78. The normalized spacial score (nSPS) is 32.8. The molecule has 0 aromatic carbocycles. The Kier molecular flexibility index (Phi) is 1.81. The molecule has 68 valence electrons. The van der Waals surface area contributed by atoms with Crippen LogP contribution in [0, 0.1) is 5.92 Å². The van der Waals surface area contributed by atoms with Gasteiger partial charge < -0.3 is 14.6 Å². The first kappa shape index (κ1) is 8.01. The molecule has 1 aliphatic carbocycles. The minimum absolute atomic E-state index is 0.458. The molecule has 2 fully saturated rings. The van der Waals surface area contributed by atoms with Crippen molar-refractivity contribution in [1.29, 1.82) is 0 Å². The summed E-state index contributed by atoms with van der Waals surface area (Å²) in [6.45, 7) is 1.06. The Labute approximate surface area is 70.5 Å². The van der Waals surface area contributed by atoms with Gasteiger partial charge in [-0.1, -0.05) is 0 Å². The number of rotatable bonds is 1. The fraction of sp³-hybridized carbons (Fsp3) is 0.875. The molecule has 2 rings (SSSR count). The van der Waals surface area contributed by atoms with E-state index < -0.39 is 17.7 Å². The molecule has 0 radical (unpaired) electrons. The number of carboxylic acid groups (broad SMARTS) is 1. The first-order chi connectivity index (χ1) is 5.75. The van der Waals surface area contributed by atoms with E-state index in [1.807, 2.05) is 0 Å². The highest BCUT2D eigenvalue weighted by atomic mass is 16.7. The maximum Gasteiger partial charge on any atom is 0.311 e. The largest absolute Gasteiger partial charge is 0.481 e. The molecule has 1 spiro atoms. The van der Waals surface area contributed by atoms with Crippen molar-refractivity contribution in [2.24, 2.45) is 5.92 Å². The molecule has 0 unspecified atom stereocenters. The van der Waals surface area contributed by atoms with Crippen molar-refractivity contribution in [2.75, 3.05) is 13.2 Å². The number of hydrogen-bond acceptors (Lipinski definition) is 3. The van der Waals surface area contributed by atoms with Gasteiger partial charge in [-0.3, -0.25) is 4.79 Å². The van der Waals surface area contributed by atoms with E-state index in [9.17, 15) is 4.79 Å². The van der Waals surface area contributed by atoms with Gasteiger partial charge in [0.25, 0.3) is 0 Å². The van der Waals surface area contributed by atoms with Crippen molar-refractivity contribution in [2.45, 2.75) is 25.0 Å². The molecule has 4 heteroatoms. The van der Waals surface area contributed by atoms with Crippen molar-refractivity contribution in [3.05, 3.63) is 0 Å². The van der Waals surface area contributed by atoms with Crippen molar-refractivity contribution >= 4 is 5.97 Å². The van der Waals surface area contributed by atoms with Gasteiger partial charge in [0.05, 0.1) is 13.2 Å². The summed E-state index contributed by atoms with van der Waals surface area (Å²) in [5.41, 5.74) is 0. The second kappa shape index (κ2) is 2.71. The van der Waals surface area contributed by atoms with Crippen LogP contribution in [0.3, 0.4) is 0 Å². The molecule has 0 bridgehead atoms. The number of ether oxygens (including phenoxy) is 2. The van der Waals surface area contributed by atoms with Crippen molar-refractivity contribution in [3.63, 3.8) is 0 Å². The van der Waals surface area contributed by atoms with Gasteiger partial charge in [-0.25, -0.2) is 0 Å². The van der Waals surface area contributed by atoms with Crippen LogP contribution in [-0.4, -0.2) is 30.1 Å². The zero-order valence-electron chi connectivity index (χ0n) is 6.78. The molecule has 2 aliphatic rings. The summed E-state index contributed by atoms with van der Waals surface area (Å²) in [5.74, 6) is -2.03. The molecular weight excluding hydrogens is 160 g/mol. The molecule has 1 atom stereocenters. The zero-order chi connectivity index (χ0) is 8.60. The van der Waals surface area contributed by atoms with E-state index in [0.717, 1.165) is 12.8 Å². The Morgan fingerprint density at radius 2 is 2.08 bits per heavy atom. The third-order valence-corrected chi connectivity index (χ3v) is 2.62. The topological polar surface area (TPSA) is 55.8 Å². The number of aliphatic carboxylic acids is 1. The lowest BCUT2D eigenvalue weighted by atomic mass is 10.0. The van der Waals surface area contributed by atoms with Gasteiger partial charge >= 0.3 is 5.97 Å². The summed E-state index contributed by atoms with van der Waals surface area (Å²) in [4.78, 5) is 10.8. The lowest BCUT2D eigenvalue weighted by Crippen LogP contribution is -2.38. The summed E-state index contributed by atoms with van der Waals surface area (Å²) in [5, 5.41) is 8.88. The van der Waals surface area contributed by atoms with Crippen LogP contribution in [-0.2, 0) is 14.3 Å². The SMILES string of the molecule is O=C(O)[C@H]1CCCC12OCCO2. The van der Waals surface area contributed by atoms with Crippen LogP contribution in [0.2, 0.25) is 0 Å². The van der Waals surface area contributed by atoms with Gasteiger partial charge in [0.2, 0.25) is 0 Å². The summed E-state index contributed by atoms with van der Waals surface area (Å²) >= 11 is 0. The average molecular weight is 172 g/mol. The molecule has 4 nitrogen and oxygen atoms in total. The highest BCUT2D eigenvalue weighted by molar-refractivity contribution is 5.71. The molecule has 1 aliphatic heterocycles. The van der Waals surface area contributed by atoms with E-state index in [-0.39, 0.29) is 0 Å². The minimum Gasteiger partial charge on any atom is -0.481 e. The maximum absolute atomic E-state index is 10.8. The molecule has 1 saturated heterocycles. The van der Waals surface area contributed by atoms with E-state index in [1.165, 1.54) is 0 Å². The Balaban J connectivity index is 2.17. The number of hydrogen-bond donors (Lipinski definition) is 1. The van der Waals surface area contributed by atoms with Gasteiger partial charge in [0.1, 0.15) is 5.92 Å². The van der Waals surface area contributed by atoms with Crippen molar-refractivity contribution in [1.82, 2.24) is 0 Å². The van der Waals surface area contributed by atoms with Crippen LogP contribution < -0.4 is 0 Å². The molecule has 12 heavy (non-hydrogen) atoms. The van der Waals surface area contributed by atoms with E-state index in [1.54, 1.807) is 0 Å². The Hall–Kier alpha value is -0.610. The molecule has 1 heterocycles. The fourth-order valence-corrected chi connectivity index (χ4v) is 2.07. The quantitative estimate of drug-likeness (QED) is 0.629. The van der Waals surface area contributed by atoms with Gasteiger partial charge in [0.15, 0.2) is 5.79 Å². The Morgan fingerprint density at radius 3 is 2.67 bits per heavy atom. The molecule has 0 aromatic rings. The number of carbonyl (C=O) groups is 1. The van der Waals surface area contributed by atoms with Crippen LogP contribution in [0.25, 0.3) is 0 Å². The van der Waals surface area contributed by atoms with Crippen molar-refractivity contribution < 1.29 is 19.4 Å². The first-order valence-corrected chi connectivity index (χ1v) is 4.25. The minimum atomic E-state index is -0.797. The third kappa shape index (κ3) is 1.03. The summed E-state index contributed by atoms with van der Waals surface area (Å²) in [6, 6.07) is 0. The second-order valence-corrected chi connectivity index (χ2v) is 3.29. The smallest absolute Gasteiger partial charge is 0.311 e. The number of carboxylic acids is 1. The summed E-state index contributed by atoms with van der Waals surface area (Å²) in [6.07, 6.45) is 2.29. The maximum atomic E-state index is 10.8. The molecule has 0 amide bonds. The fourth-order valence-electron chi connectivity index (χ4n) is 2.07. The summed E-state index contributed by atoms with van der Waals surface area (Å²) in [7, 11) is 0. The van der Waals surface area contributed by atoms with Gasteiger partial charge in [0, 0.05) is 6.42 Å². The van der Waals surface area contributed by atoms with Gasteiger partial charge in [-0.15, -0.1) is 0 Å². The standard InChI is InChI=1S/C8H12O4/c9-7(10)6-2-1-3-8(6)11-4-5-12-8/h6H,1-5H2,(H,9,10)/t6-/m1/s1. The summed E-state index contributed by atoms with van der Waals surface area (Å²) < 4.78 is 10.7. The van der Waals surface area contributed by atoms with E-state index >= 15 is 0 Å². The highest BCUT2D eigenvalue weighted by Crippen LogP contribution is 2.42. The molecule has 1 saturated carbocycles. The molecular formula is C8H12O4. The predicted octanol–water partition coefficient (Wildman–Crippen LogP) is 0.614. The van der Waals surface area contributed by atoms with E-state index in [2.05, 4.69) is 0 Å². The first-order valence-electron chi connectivity index (χ1n) is 4.25. The van der Waals surface area contributed by atoms with Crippen LogP contribution in [0.5, 0.6) is 0 Å². The Bertz CT molecular complexity index is 190. The molecule has 1 N–H and O–H groups in total. The van der Waals surface area contributed by atoms with E-state index in [4.69, 9.17) is 14.6 Å². The lowest BCUT2D eigenvalue weighted by Gasteiger charge is -2.26. The second-order valence-electron chi connectivity index (χ2n) is 3.29. The molecule has 0 aromatic heterocycles. The Morgan fingerprint density at radius 1 is 1.42 bits per heavy atom. The van der Waals surface area contributed by atoms with Gasteiger partial charge in [-0.05, 0) is 12.8 Å². The monoisotopic (exact) mass is 172 g/mol. The van der Waals surface area contributed by atoms with E-state index in [0.29, 0.717) is 19.6 Å². The highest BCUT2D eigenvalue weighted by Gasteiger charge is 2.51. The predicted molar refractivity (Wildman–Crippen MR) is 39.6 cm³/mol. The van der Waals surface area contributed by atoms with Gasteiger partial charge in [-0.2, -0.15) is 0 Å². The van der Waals surface area contributed by atoms with Crippen molar-refractivity contribution in [3.8, 4) is 0 Å². The van der Waals surface area contributed by atoms with Crippen LogP contribution in [0.4, 0.5) is 0 Å². The van der Waals surface area contributed by atoms with Crippen LogP contribution in [0.1, 0.15) is 19.3 Å². The lowest BCUT2D eigenvalue weighted by molar-refractivity contribution is -0.195. The third-order valence-electron chi connectivity index (χ3n) is 2.62.